The molecule has 22 heavy (non-hydrogen) atoms. The molecule has 2 rings (SSSR count). The number of nitrogens with two attached hydrogens (primary N) is 1. The van der Waals surface area contributed by atoms with Gasteiger partial charge >= 0.3 is 0 Å². The Balaban J connectivity index is 0.00000242. The summed E-state index contributed by atoms with van der Waals surface area (Å²) < 4.78 is 0. The SMILES string of the molecule is CC(=O)NCc1ccc(NC(=O)C[C@@H]2CCC[C@H]2N)cc1.Cl. The Bertz CT molecular complexity index is 505. The summed E-state index contributed by atoms with van der Waals surface area (Å²) in [5.74, 6) is 0.274. The smallest absolute Gasteiger partial charge is 0.224 e. The van der Waals surface area contributed by atoms with E-state index < -0.39 is 0 Å². The predicted molar refractivity (Wildman–Crippen MR) is 89.8 cm³/mol. The topological polar surface area (TPSA) is 84.2 Å². The lowest BCUT2D eigenvalue weighted by Gasteiger charge is -2.14. The number of anilines is 1. The van der Waals surface area contributed by atoms with Gasteiger partial charge in [0.1, 0.15) is 0 Å². The van der Waals surface area contributed by atoms with Gasteiger partial charge in [-0.2, -0.15) is 0 Å². The van der Waals surface area contributed by atoms with Crippen molar-refractivity contribution in [2.75, 3.05) is 5.32 Å². The summed E-state index contributed by atoms with van der Waals surface area (Å²) in [7, 11) is 0. The summed E-state index contributed by atoms with van der Waals surface area (Å²) >= 11 is 0. The highest BCUT2D eigenvalue weighted by molar-refractivity contribution is 5.90. The Labute approximate surface area is 137 Å². The van der Waals surface area contributed by atoms with Crippen molar-refractivity contribution >= 4 is 29.9 Å². The maximum atomic E-state index is 12.0. The van der Waals surface area contributed by atoms with Crippen LogP contribution in [0.15, 0.2) is 24.3 Å². The van der Waals surface area contributed by atoms with Crippen LogP contribution in [0.1, 0.15) is 38.2 Å². The van der Waals surface area contributed by atoms with Crippen LogP contribution in [0.5, 0.6) is 0 Å². The molecule has 0 spiro atoms. The number of benzene rings is 1. The molecule has 1 aliphatic carbocycles. The van der Waals surface area contributed by atoms with Crippen molar-refractivity contribution in [3.8, 4) is 0 Å². The van der Waals surface area contributed by atoms with Gasteiger partial charge in [0, 0.05) is 31.6 Å². The van der Waals surface area contributed by atoms with Crippen LogP contribution in [0.3, 0.4) is 0 Å². The van der Waals surface area contributed by atoms with Crippen molar-refractivity contribution in [1.29, 1.82) is 0 Å². The molecular weight excluding hydrogens is 302 g/mol. The lowest BCUT2D eigenvalue weighted by Crippen LogP contribution is -2.28. The Morgan fingerprint density at radius 3 is 2.45 bits per heavy atom. The molecule has 1 aliphatic rings. The van der Waals surface area contributed by atoms with Gasteiger partial charge in [0.05, 0.1) is 0 Å². The molecule has 1 aromatic carbocycles. The summed E-state index contributed by atoms with van der Waals surface area (Å²) in [5, 5.41) is 5.63. The van der Waals surface area contributed by atoms with Crippen molar-refractivity contribution in [3.63, 3.8) is 0 Å². The van der Waals surface area contributed by atoms with Crippen LogP contribution in [-0.4, -0.2) is 17.9 Å². The minimum absolute atomic E-state index is 0. The molecule has 0 radical (unpaired) electrons. The lowest BCUT2D eigenvalue weighted by molar-refractivity contribution is -0.119. The number of rotatable bonds is 5. The standard InChI is InChI=1S/C16H23N3O2.ClH/c1-11(20)18-10-12-5-7-14(8-6-12)19-16(21)9-13-3-2-4-15(13)17;/h5-8,13,15H,2-4,9-10,17H2,1H3,(H,18,20)(H,19,21);1H/t13-,15+;/m0./s1. The van der Waals surface area contributed by atoms with E-state index in [1.165, 1.54) is 6.92 Å². The second-order valence-electron chi connectivity index (χ2n) is 5.71. The summed E-state index contributed by atoms with van der Waals surface area (Å²) in [4.78, 5) is 22.8. The summed E-state index contributed by atoms with van der Waals surface area (Å²) in [6.45, 7) is 1.99. The Morgan fingerprint density at radius 2 is 1.91 bits per heavy atom. The maximum Gasteiger partial charge on any atom is 0.224 e. The molecule has 0 saturated heterocycles. The van der Waals surface area contributed by atoms with Gasteiger partial charge in [-0.3, -0.25) is 9.59 Å². The summed E-state index contributed by atoms with van der Waals surface area (Å²) in [6, 6.07) is 7.66. The molecule has 1 aromatic rings. The zero-order valence-corrected chi connectivity index (χ0v) is 13.6. The van der Waals surface area contributed by atoms with Crippen molar-refractivity contribution in [1.82, 2.24) is 5.32 Å². The van der Waals surface area contributed by atoms with Crippen LogP contribution in [0, 0.1) is 5.92 Å². The molecule has 1 fully saturated rings. The van der Waals surface area contributed by atoms with E-state index in [-0.39, 0.29) is 30.3 Å². The van der Waals surface area contributed by atoms with E-state index in [0.717, 1.165) is 30.5 Å². The van der Waals surface area contributed by atoms with E-state index in [2.05, 4.69) is 10.6 Å². The third kappa shape index (κ3) is 5.66. The molecule has 0 aliphatic heterocycles. The Hall–Kier alpha value is -1.59. The van der Waals surface area contributed by atoms with Gasteiger partial charge in [-0.05, 0) is 36.5 Å². The van der Waals surface area contributed by atoms with Crippen LogP contribution < -0.4 is 16.4 Å². The highest BCUT2D eigenvalue weighted by Crippen LogP contribution is 2.27. The number of halogens is 1. The predicted octanol–water partition coefficient (Wildman–Crippen LogP) is 2.20. The third-order valence-electron chi connectivity index (χ3n) is 3.94. The number of hydrogen-bond donors (Lipinski definition) is 3. The van der Waals surface area contributed by atoms with Crippen LogP contribution in [-0.2, 0) is 16.1 Å². The molecular formula is C16H24ClN3O2. The van der Waals surface area contributed by atoms with Crippen molar-refractivity contribution < 1.29 is 9.59 Å². The normalized spacial score (nSPS) is 20.1. The number of carbonyl (C=O) groups excluding carboxylic acids is 2. The molecule has 122 valence electrons. The Kier molecular flexibility index (Phi) is 7.35. The second kappa shape index (κ2) is 8.76. The Morgan fingerprint density at radius 1 is 1.23 bits per heavy atom. The fourth-order valence-corrected chi connectivity index (χ4v) is 2.70. The number of amides is 2. The first kappa shape index (κ1) is 18.5. The van der Waals surface area contributed by atoms with Gasteiger partial charge in [0.25, 0.3) is 0 Å². The molecule has 1 saturated carbocycles. The van der Waals surface area contributed by atoms with Gasteiger partial charge in [-0.25, -0.2) is 0 Å². The first-order valence-electron chi connectivity index (χ1n) is 7.43. The minimum atomic E-state index is -0.0553. The molecule has 0 aromatic heterocycles. The monoisotopic (exact) mass is 325 g/mol. The van der Waals surface area contributed by atoms with Gasteiger partial charge < -0.3 is 16.4 Å². The largest absolute Gasteiger partial charge is 0.352 e. The molecule has 5 nitrogen and oxygen atoms in total. The van der Waals surface area contributed by atoms with E-state index in [1.807, 2.05) is 24.3 Å². The molecule has 2 atom stereocenters. The highest BCUT2D eigenvalue weighted by atomic mass is 35.5. The first-order valence-corrected chi connectivity index (χ1v) is 7.43. The van der Waals surface area contributed by atoms with Gasteiger partial charge in [-0.15, -0.1) is 12.4 Å². The molecule has 0 unspecified atom stereocenters. The third-order valence-corrected chi connectivity index (χ3v) is 3.94. The van der Waals surface area contributed by atoms with E-state index >= 15 is 0 Å². The minimum Gasteiger partial charge on any atom is -0.352 e. The fourth-order valence-electron chi connectivity index (χ4n) is 2.70. The van der Waals surface area contributed by atoms with Crippen molar-refractivity contribution in [3.05, 3.63) is 29.8 Å². The van der Waals surface area contributed by atoms with Gasteiger partial charge in [0.15, 0.2) is 0 Å². The first-order chi connectivity index (χ1) is 10.0. The van der Waals surface area contributed by atoms with Crippen molar-refractivity contribution in [2.45, 2.75) is 45.2 Å². The average molecular weight is 326 g/mol. The number of nitrogens with one attached hydrogen (secondary N) is 2. The van der Waals surface area contributed by atoms with Gasteiger partial charge in [0.2, 0.25) is 11.8 Å². The molecule has 6 heteroatoms. The van der Waals surface area contributed by atoms with E-state index in [1.54, 1.807) is 0 Å². The highest BCUT2D eigenvalue weighted by Gasteiger charge is 2.25. The average Bonchev–Trinajstić information content (AvgIpc) is 2.83. The van der Waals surface area contributed by atoms with Crippen LogP contribution in [0.25, 0.3) is 0 Å². The summed E-state index contributed by atoms with van der Waals surface area (Å²) in [6.07, 6.45) is 3.69. The van der Waals surface area contributed by atoms with E-state index in [9.17, 15) is 9.59 Å². The molecule has 4 N–H and O–H groups in total. The summed E-state index contributed by atoms with van der Waals surface area (Å²) in [5.41, 5.74) is 7.76. The molecule has 0 bridgehead atoms. The van der Waals surface area contributed by atoms with Crippen LogP contribution in [0.2, 0.25) is 0 Å². The van der Waals surface area contributed by atoms with Crippen LogP contribution in [0.4, 0.5) is 5.69 Å². The zero-order valence-electron chi connectivity index (χ0n) is 12.8. The second-order valence-corrected chi connectivity index (χ2v) is 5.71. The number of hydrogen-bond acceptors (Lipinski definition) is 3. The quantitative estimate of drug-likeness (QED) is 0.776. The number of carbonyl (C=O) groups is 2. The van der Waals surface area contributed by atoms with E-state index in [4.69, 9.17) is 5.73 Å². The molecule has 2 amide bonds. The van der Waals surface area contributed by atoms with Crippen molar-refractivity contribution in [2.24, 2.45) is 11.7 Å². The molecule has 0 heterocycles. The van der Waals surface area contributed by atoms with E-state index in [0.29, 0.717) is 18.9 Å². The van der Waals surface area contributed by atoms with Crippen LogP contribution >= 0.6 is 12.4 Å². The lowest BCUT2D eigenvalue weighted by atomic mass is 10.00. The maximum absolute atomic E-state index is 12.0. The zero-order chi connectivity index (χ0) is 15.2. The van der Waals surface area contributed by atoms with Gasteiger partial charge in [-0.1, -0.05) is 18.6 Å². The fraction of sp³-hybridized carbons (Fsp3) is 0.500.